The van der Waals surface area contributed by atoms with E-state index >= 15 is 0 Å². The molecule has 0 aromatic heterocycles. The Kier molecular flexibility index (Phi) is 13.6. The maximum atomic E-state index is 13.5. The zero-order chi connectivity index (χ0) is 20.3. The Bertz CT molecular complexity index is 470. The van der Waals surface area contributed by atoms with Gasteiger partial charge in [0.25, 0.3) is 0 Å². The Morgan fingerprint density at radius 3 is 1.12 bits per heavy atom. The van der Waals surface area contributed by atoms with Crippen molar-refractivity contribution in [1.82, 2.24) is 0 Å². The predicted molar refractivity (Wildman–Crippen MR) is 108 cm³/mol. The highest BCUT2D eigenvalue weighted by Crippen LogP contribution is 2.73. The van der Waals surface area contributed by atoms with Gasteiger partial charge in [-0.25, -0.2) is 0 Å². The van der Waals surface area contributed by atoms with Gasteiger partial charge in [0, 0.05) is 6.16 Å². The molecule has 0 rings (SSSR count). The standard InChI is InChI=1S/C14H33O8P3S/c1-7-17-23(26,18-8-2)13-14(24(15,19-9-3)20-10-4)25(16,21-11-5)22-12-6/h14H,7-13H2,1-6H3. The summed E-state index contributed by atoms with van der Waals surface area (Å²) >= 11 is 5.55. The lowest BCUT2D eigenvalue weighted by molar-refractivity contribution is 0.195. The Morgan fingerprint density at radius 2 is 0.885 bits per heavy atom. The van der Waals surface area contributed by atoms with Gasteiger partial charge in [-0.15, -0.1) is 0 Å². The minimum Gasteiger partial charge on any atom is -0.330 e. The third kappa shape index (κ3) is 8.08. The molecule has 0 aliphatic heterocycles. The van der Waals surface area contributed by atoms with Crippen LogP contribution in [-0.2, 0) is 48.1 Å². The Morgan fingerprint density at radius 1 is 0.615 bits per heavy atom. The minimum atomic E-state index is -3.87. The van der Waals surface area contributed by atoms with Gasteiger partial charge in [-0.3, -0.25) is 9.13 Å². The van der Waals surface area contributed by atoms with Crippen LogP contribution in [0.5, 0.6) is 0 Å². The maximum Gasteiger partial charge on any atom is 0.346 e. The molecule has 0 spiro atoms. The topological polar surface area (TPSA) is 89.5 Å². The first-order chi connectivity index (χ1) is 12.2. The molecule has 0 amide bonds. The summed E-state index contributed by atoms with van der Waals surface area (Å²) in [4.78, 5) is 0. The molecular weight excluding hydrogens is 421 g/mol. The van der Waals surface area contributed by atoms with E-state index in [1.54, 1.807) is 41.5 Å². The molecule has 158 valence electrons. The van der Waals surface area contributed by atoms with Crippen LogP contribution in [0.3, 0.4) is 0 Å². The molecule has 0 radical (unpaired) electrons. The monoisotopic (exact) mass is 454 g/mol. The van der Waals surface area contributed by atoms with Crippen molar-refractivity contribution in [1.29, 1.82) is 0 Å². The van der Waals surface area contributed by atoms with Crippen molar-refractivity contribution in [3.05, 3.63) is 0 Å². The fraction of sp³-hybridized carbons (Fsp3) is 1.00. The Hall–Kier alpha value is 0.870. The molecule has 0 aromatic carbocycles. The highest BCUT2D eigenvalue weighted by atomic mass is 32.5. The molecule has 8 nitrogen and oxygen atoms in total. The van der Waals surface area contributed by atoms with Crippen molar-refractivity contribution in [2.45, 2.75) is 46.9 Å². The van der Waals surface area contributed by atoms with Crippen molar-refractivity contribution in [3.63, 3.8) is 0 Å². The van der Waals surface area contributed by atoms with Gasteiger partial charge < -0.3 is 27.1 Å². The van der Waals surface area contributed by atoms with Crippen LogP contribution in [0.1, 0.15) is 41.5 Å². The molecule has 0 saturated carbocycles. The average molecular weight is 454 g/mol. The van der Waals surface area contributed by atoms with Gasteiger partial charge in [-0.1, -0.05) is 0 Å². The smallest absolute Gasteiger partial charge is 0.330 e. The zero-order valence-corrected chi connectivity index (χ0v) is 20.0. The Labute approximate surface area is 162 Å². The minimum absolute atomic E-state index is 0.0986. The van der Waals surface area contributed by atoms with E-state index < -0.39 is 27.1 Å². The molecule has 0 atom stereocenters. The van der Waals surface area contributed by atoms with Crippen LogP contribution in [0.25, 0.3) is 0 Å². The molecule has 12 heteroatoms. The summed E-state index contributed by atoms with van der Waals surface area (Å²) in [7, 11) is -7.73. The number of hydrogen-bond acceptors (Lipinski definition) is 9. The fourth-order valence-electron chi connectivity index (χ4n) is 2.25. The van der Waals surface area contributed by atoms with Crippen LogP contribution in [0.15, 0.2) is 0 Å². The predicted octanol–water partition coefficient (Wildman–Crippen LogP) is 5.23. The van der Waals surface area contributed by atoms with E-state index in [1.807, 2.05) is 0 Å². The van der Waals surface area contributed by atoms with E-state index in [-0.39, 0.29) is 32.6 Å². The first-order valence-electron chi connectivity index (χ1n) is 8.86. The number of hydrogen-bond donors (Lipinski definition) is 0. The summed E-state index contributed by atoms with van der Waals surface area (Å²) in [5, 5.41) is -1.22. The summed E-state index contributed by atoms with van der Waals surface area (Å²) in [6.07, 6.45) is -0.0986. The third-order valence-corrected chi connectivity index (χ3v) is 12.8. The normalized spacial score (nSPS) is 13.5. The summed E-state index contributed by atoms with van der Waals surface area (Å²) in [5.74, 6) is 0. The second-order valence-corrected chi connectivity index (χ2v) is 13.5. The van der Waals surface area contributed by atoms with Gasteiger partial charge >= 0.3 is 15.2 Å². The largest absolute Gasteiger partial charge is 0.346 e. The van der Waals surface area contributed by atoms with Gasteiger partial charge in [0.1, 0.15) is 0 Å². The molecule has 0 aliphatic carbocycles. The first-order valence-corrected chi connectivity index (χ1v) is 14.9. The van der Waals surface area contributed by atoms with Crippen molar-refractivity contribution >= 4 is 33.5 Å². The molecule has 0 aliphatic rings. The quantitative estimate of drug-likeness (QED) is 0.291. The van der Waals surface area contributed by atoms with Crippen LogP contribution in [-0.4, -0.2) is 51.2 Å². The molecule has 0 aromatic rings. The fourth-order valence-corrected chi connectivity index (χ4v) is 12.8. The van der Waals surface area contributed by atoms with Crippen LogP contribution >= 0.6 is 21.7 Å². The lowest BCUT2D eigenvalue weighted by Crippen LogP contribution is -2.22. The highest BCUT2D eigenvalue weighted by Gasteiger charge is 2.53. The van der Waals surface area contributed by atoms with Crippen LogP contribution in [0, 0.1) is 0 Å². The average Bonchev–Trinajstić information content (AvgIpc) is 2.54. The molecule has 0 unspecified atom stereocenters. The summed E-state index contributed by atoms with van der Waals surface area (Å²) in [6.45, 7) is 8.44. The van der Waals surface area contributed by atoms with Gasteiger partial charge in [0.2, 0.25) is 0 Å². The van der Waals surface area contributed by atoms with E-state index in [9.17, 15) is 9.13 Å². The molecular formula is C14H33O8P3S. The Balaban J connectivity index is 6.19. The molecule has 0 saturated heterocycles. The lowest BCUT2D eigenvalue weighted by Gasteiger charge is -2.34. The van der Waals surface area contributed by atoms with Crippen molar-refractivity contribution in [2.75, 3.05) is 45.8 Å². The first kappa shape index (κ1) is 26.9. The van der Waals surface area contributed by atoms with Crippen molar-refractivity contribution in [3.8, 4) is 0 Å². The van der Waals surface area contributed by atoms with Crippen LogP contribution in [0.4, 0.5) is 0 Å². The van der Waals surface area contributed by atoms with E-state index in [4.69, 9.17) is 38.9 Å². The van der Waals surface area contributed by atoms with E-state index in [1.165, 1.54) is 0 Å². The summed E-state index contributed by atoms with van der Waals surface area (Å²) < 4.78 is 60.0. The maximum absolute atomic E-state index is 13.5. The van der Waals surface area contributed by atoms with Crippen LogP contribution < -0.4 is 0 Å². The van der Waals surface area contributed by atoms with Crippen molar-refractivity contribution in [2.24, 2.45) is 0 Å². The van der Waals surface area contributed by atoms with E-state index in [2.05, 4.69) is 0 Å². The number of rotatable bonds is 16. The van der Waals surface area contributed by atoms with Crippen molar-refractivity contribution < 1.29 is 36.3 Å². The third-order valence-electron chi connectivity index (χ3n) is 3.00. The zero-order valence-electron chi connectivity index (χ0n) is 16.5. The second kappa shape index (κ2) is 13.2. The SMILES string of the molecule is CCOP(=O)(OCC)C(CP(=S)(OCC)OCC)P(=O)(OCC)OCC. The molecule has 0 N–H and O–H groups in total. The summed E-state index contributed by atoms with van der Waals surface area (Å²) in [6, 6.07) is 0. The second-order valence-electron chi connectivity index (χ2n) is 4.86. The summed E-state index contributed by atoms with van der Waals surface area (Å²) in [5.41, 5.74) is 0. The van der Waals surface area contributed by atoms with E-state index in [0.717, 1.165) is 0 Å². The van der Waals surface area contributed by atoms with E-state index in [0.29, 0.717) is 13.2 Å². The van der Waals surface area contributed by atoms with Gasteiger partial charge in [0.15, 0.2) is 11.9 Å². The van der Waals surface area contributed by atoms with Gasteiger partial charge in [-0.05, 0) is 53.3 Å². The molecule has 0 fully saturated rings. The highest BCUT2D eigenvalue weighted by molar-refractivity contribution is 8.10. The van der Waals surface area contributed by atoms with Gasteiger partial charge in [-0.2, -0.15) is 0 Å². The molecule has 26 heavy (non-hydrogen) atoms. The molecule has 0 heterocycles. The molecule has 0 bridgehead atoms. The van der Waals surface area contributed by atoms with Crippen LogP contribution in [0.2, 0.25) is 0 Å². The van der Waals surface area contributed by atoms with Gasteiger partial charge in [0.05, 0.1) is 39.6 Å². The lowest BCUT2D eigenvalue weighted by atomic mass is 10.9.